The quantitative estimate of drug-likeness (QED) is 0.415. The summed E-state index contributed by atoms with van der Waals surface area (Å²) >= 11 is 6.13. The van der Waals surface area contributed by atoms with Gasteiger partial charge in [0.25, 0.3) is 5.91 Å². The van der Waals surface area contributed by atoms with Crippen molar-refractivity contribution < 1.29 is 13.2 Å². The summed E-state index contributed by atoms with van der Waals surface area (Å²) in [5.41, 5.74) is 3.03. The highest BCUT2D eigenvalue weighted by Gasteiger charge is 2.16. The van der Waals surface area contributed by atoms with E-state index in [-0.39, 0.29) is 10.5 Å². The Hall–Kier alpha value is -3.16. The van der Waals surface area contributed by atoms with Crippen LogP contribution in [0.4, 0.5) is 5.95 Å². The predicted molar refractivity (Wildman–Crippen MR) is 127 cm³/mol. The first-order valence-electron chi connectivity index (χ1n) is 10.1. The topological polar surface area (TPSA) is 81.1 Å². The van der Waals surface area contributed by atoms with Crippen molar-refractivity contribution in [1.82, 2.24) is 9.55 Å². The van der Waals surface area contributed by atoms with E-state index < -0.39 is 15.7 Å². The van der Waals surface area contributed by atoms with Gasteiger partial charge < -0.3 is 4.57 Å². The number of carbonyl (C=O) groups excluding carboxylic acids is 1. The minimum absolute atomic E-state index is 0.0910. The number of fused-ring (bicyclic) bond motifs is 1. The Morgan fingerprint density at radius 3 is 2.56 bits per heavy atom. The molecule has 164 valence electrons. The maximum absolute atomic E-state index is 12.9. The Morgan fingerprint density at radius 2 is 1.81 bits per heavy atom. The molecule has 1 N–H and O–H groups in total. The molecule has 0 spiro atoms. The van der Waals surface area contributed by atoms with E-state index in [9.17, 15) is 13.2 Å². The Kier molecular flexibility index (Phi) is 6.30. The summed E-state index contributed by atoms with van der Waals surface area (Å²) in [5.74, 6) is -0.0358. The number of carbonyl (C=O) groups is 1. The highest BCUT2D eigenvalue weighted by atomic mass is 35.5. The van der Waals surface area contributed by atoms with Crippen LogP contribution in [0.25, 0.3) is 11.0 Å². The number of aromatic nitrogens is 2. The number of hydrogen-bond donors (Lipinski definition) is 1. The summed E-state index contributed by atoms with van der Waals surface area (Å²) in [5, 5.41) is 3.40. The summed E-state index contributed by atoms with van der Waals surface area (Å²) in [4.78, 5) is 17.6. The molecule has 4 rings (SSSR count). The van der Waals surface area contributed by atoms with Crippen molar-refractivity contribution >= 4 is 44.3 Å². The lowest BCUT2D eigenvalue weighted by atomic mass is 10.1. The van der Waals surface area contributed by atoms with E-state index in [4.69, 9.17) is 11.6 Å². The van der Waals surface area contributed by atoms with Gasteiger partial charge in [0.1, 0.15) is 0 Å². The van der Waals surface area contributed by atoms with E-state index in [2.05, 4.69) is 22.4 Å². The molecule has 1 aromatic heterocycles. The fourth-order valence-electron chi connectivity index (χ4n) is 3.55. The summed E-state index contributed by atoms with van der Waals surface area (Å²) in [7, 11) is -3.42. The van der Waals surface area contributed by atoms with Gasteiger partial charge in [0, 0.05) is 23.4 Å². The molecule has 0 aliphatic rings. The van der Waals surface area contributed by atoms with Gasteiger partial charge in [0.2, 0.25) is 5.95 Å². The molecule has 1 heterocycles. The molecule has 1 amide bonds. The molecule has 0 bridgehead atoms. The van der Waals surface area contributed by atoms with E-state index in [0.717, 1.165) is 24.6 Å². The van der Waals surface area contributed by atoms with Gasteiger partial charge in [-0.2, -0.15) is 0 Å². The van der Waals surface area contributed by atoms with Crippen LogP contribution in [-0.4, -0.2) is 30.1 Å². The highest BCUT2D eigenvalue weighted by Crippen LogP contribution is 2.24. The number of nitrogens with one attached hydrogen (secondary N) is 1. The Balaban J connectivity index is 1.61. The first kappa shape index (κ1) is 22.0. The second-order valence-electron chi connectivity index (χ2n) is 7.56. The zero-order valence-electron chi connectivity index (χ0n) is 17.5. The normalized spacial score (nSPS) is 11.6. The SMILES string of the molecule is CS(=O)(=O)c1cccc(C(=O)Nc2nc3cc(Cl)ccc3n2CCCc2ccccc2)c1. The smallest absolute Gasteiger partial charge is 0.258 e. The van der Waals surface area contributed by atoms with Gasteiger partial charge in [0.15, 0.2) is 9.84 Å². The summed E-state index contributed by atoms with van der Waals surface area (Å²) in [6.07, 6.45) is 2.85. The van der Waals surface area contributed by atoms with Crippen LogP contribution in [0.5, 0.6) is 0 Å². The van der Waals surface area contributed by atoms with E-state index in [1.807, 2.05) is 28.8 Å². The number of benzene rings is 3. The van der Waals surface area contributed by atoms with Crippen molar-refractivity contribution in [3.05, 3.63) is 88.9 Å². The van der Waals surface area contributed by atoms with Gasteiger partial charge in [-0.05, 0) is 54.8 Å². The standard InChI is InChI=1S/C24H22ClN3O3S/c1-32(30,31)20-11-5-10-18(15-20)23(29)27-24-26-21-16-19(25)12-13-22(21)28(24)14-6-9-17-7-3-2-4-8-17/h2-5,7-8,10-13,15-16H,6,9,14H2,1H3,(H,26,27,29). The third-order valence-corrected chi connectivity index (χ3v) is 6.50. The molecular formula is C24H22ClN3O3S. The number of sulfone groups is 1. The van der Waals surface area contributed by atoms with Crippen LogP contribution in [0.3, 0.4) is 0 Å². The molecule has 0 atom stereocenters. The van der Waals surface area contributed by atoms with Crippen LogP contribution in [-0.2, 0) is 22.8 Å². The van der Waals surface area contributed by atoms with Crippen LogP contribution in [0.15, 0.2) is 77.7 Å². The lowest BCUT2D eigenvalue weighted by Gasteiger charge is -2.11. The van der Waals surface area contributed by atoms with E-state index in [1.165, 1.54) is 17.7 Å². The molecule has 6 nitrogen and oxygen atoms in total. The second kappa shape index (κ2) is 9.14. The van der Waals surface area contributed by atoms with Gasteiger partial charge in [0.05, 0.1) is 15.9 Å². The van der Waals surface area contributed by atoms with Crippen LogP contribution < -0.4 is 5.32 Å². The van der Waals surface area contributed by atoms with Crippen LogP contribution in [0.2, 0.25) is 5.02 Å². The maximum Gasteiger partial charge on any atom is 0.258 e. The summed E-state index contributed by atoms with van der Waals surface area (Å²) in [6, 6.07) is 21.6. The number of amides is 1. The van der Waals surface area contributed by atoms with Gasteiger partial charge in [-0.25, -0.2) is 13.4 Å². The first-order valence-corrected chi connectivity index (χ1v) is 12.4. The van der Waals surface area contributed by atoms with E-state index in [0.29, 0.717) is 23.0 Å². The minimum Gasteiger partial charge on any atom is -0.310 e. The zero-order chi connectivity index (χ0) is 22.7. The van der Waals surface area contributed by atoms with Crippen LogP contribution >= 0.6 is 11.6 Å². The molecule has 0 saturated heterocycles. The van der Waals surface area contributed by atoms with Crippen molar-refractivity contribution in [2.24, 2.45) is 0 Å². The summed E-state index contributed by atoms with van der Waals surface area (Å²) in [6.45, 7) is 0.645. The number of halogens is 1. The molecule has 0 aliphatic carbocycles. The van der Waals surface area contributed by atoms with Gasteiger partial charge in [-0.15, -0.1) is 0 Å². The number of aryl methyl sites for hydroxylation is 2. The molecule has 4 aromatic rings. The predicted octanol–water partition coefficient (Wildman–Crippen LogP) is 4.98. The van der Waals surface area contributed by atoms with Crippen molar-refractivity contribution in [3.63, 3.8) is 0 Å². The lowest BCUT2D eigenvalue weighted by Crippen LogP contribution is -2.17. The third kappa shape index (κ3) is 5.00. The number of rotatable bonds is 7. The fourth-order valence-corrected chi connectivity index (χ4v) is 4.39. The second-order valence-corrected chi connectivity index (χ2v) is 10.0. The Morgan fingerprint density at radius 1 is 1.03 bits per heavy atom. The van der Waals surface area contributed by atoms with Gasteiger partial charge >= 0.3 is 0 Å². The number of anilines is 1. The minimum atomic E-state index is -3.42. The monoisotopic (exact) mass is 467 g/mol. The molecule has 0 fully saturated rings. The number of imidazole rings is 1. The van der Waals surface area contributed by atoms with Crippen LogP contribution in [0.1, 0.15) is 22.3 Å². The van der Waals surface area contributed by atoms with Crippen molar-refractivity contribution in [2.75, 3.05) is 11.6 Å². The molecule has 3 aromatic carbocycles. The van der Waals surface area contributed by atoms with Gasteiger partial charge in [-0.1, -0.05) is 48.0 Å². The van der Waals surface area contributed by atoms with E-state index >= 15 is 0 Å². The van der Waals surface area contributed by atoms with Crippen molar-refractivity contribution in [1.29, 1.82) is 0 Å². The van der Waals surface area contributed by atoms with Crippen LogP contribution in [0, 0.1) is 0 Å². The molecule has 0 saturated carbocycles. The highest BCUT2D eigenvalue weighted by molar-refractivity contribution is 7.90. The molecule has 0 radical (unpaired) electrons. The zero-order valence-corrected chi connectivity index (χ0v) is 19.0. The average Bonchev–Trinajstić information content (AvgIpc) is 3.10. The molecule has 8 heteroatoms. The lowest BCUT2D eigenvalue weighted by molar-refractivity contribution is 0.102. The van der Waals surface area contributed by atoms with Crippen molar-refractivity contribution in [2.45, 2.75) is 24.3 Å². The molecule has 32 heavy (non-hydrogen) atoms. The summed E-state index contributed by atoms with van der Waals surface area (Å²) < 4.78 is 25.6. The largest absolute Gasteiger partial charge is 0.310 e. The number of hydrogen-bond acceptors (Lipinski definition) is 4. The number of nitrogens with zero attached hydrogens (tertiary/aromatic N) is 2. The third-order valence-electron chi connectivity index (χ3n) is 5.15. The fraction of sp³-hybridized carbons (Fsp3) is 0.167. The molecule has 0 unspecified atom stereocenters. The molecule has 0 aliphatic heterocycles. The van der Waals surface area contributed by atoms with E-state index in [1.54, 1.807) is 24.3 Å². The Bertz CT molecular complexity index is 1380. The maximum atomic E-state index is 12.9. The molecular weight excluding hydrogens is 446 g/mol. The Labute approximate surface area is 191 Å². The average molecular weight is 468 g/mol. The van der Waals surface area contributed by atoms with Gasteiger partial charge in [-0.3, -0.25) is 10.1 Å². The van der Waals surface area contributed by atoms with Crippen molar-refractivity contribution in [3.8, 4) is 0 Å². The first-order chi connectivity index (χ1) is 15.3.